The fourth-order valence-corrected chi connectivity index (χ4v) is 3.57. The summed E-state index contributed by atoms with van der Waals surface area (Å²) in [5.74, 6) is -3.45. The Bertz CT molecular complexity index is 839. The maximum absolute atomic E-state index is 13.5. The highest BCUT2D eigenvalue weighted by atomic mass is 19.1. The van der Waals surface area contributed by atoms with Crippen LogP contribution < -0.4 is 10.6 Å². The standard InChI is InChI=1S/C19H21F2N3O5/c20-12-5-6-14(13(21)10-12)22-15(25)11-29-16(26)4-3-9-24-17(27)19(23-18(24)28)7-1-2-8-19/h5-6,10H,1-4,7-9,11H2,(H,22,25)(H,23,28). The molecule has 0 aromatic heterocycles. The van der Waals surface area contributed by atoms with Crippen molar-refractivity contribution < 1.29 is 32.7 Å². The van der Waals surface area contributed by atoms with Gasteiger partial charge in [0.25, 0.3) is 11.8 Å². The first-order chi connectivity index (χ1) is 13.8. The van der Waals surface area contributed by atoms with E-state index in [4.69, 9.17) is 4.74 Å². The smallest absolute Gasteiger partial charge is 0.325 e. The topological polar surface area (TPSA) is 105 Å². The average molecular weight is 409 g/mol. The first-order valence-electron chi connectivity index (χ1n) is 9.35. The van der Waals surface area contributed by atoms with Crippen LogP contribution in [0.25, 0.3) is 0 Å². The zero-order valence-corrected chi connectivity index (χ0v) is 15.6. The number of rotatable bonds is 7. The van der Waals surface area contributed by atoms with Crippen LogP contribution in [-0.2, 0) is 19.1 Å². The molecule has 0 unspecified atom stereocenters. The largest absolute Gasteiger partial charge is 0.456 e. The molecule has 10 heteroatoms. The van der Waals surface area contributed by atoms with Crippen LogP contribution in [0.15, 0.2) is 18.2 Å². The van der Waals surface area contributed by atoms with Gasteiger partial charge in [-0.05, 0) is 31.4 Å². The van der Waals surface area contributed by atoms with Gasteiger partial charge in [0.2, 0.25) is 0 Å². The van der Waals surface area contributed by atoms with E-state index in [-0.39, 0.29) is 31.0 Å². The van der Waals surface area contributed by atoms with Gasteiger partial charge in [-0.15, -0.1) is 0 Å². The first-order valence-corrected chi connectivity index (χ1v) is 9.35. The molecule has 3 rings (SSSR count). The molecule has 2 aliphatic rings. The summed E-state index contributed by atoms with van der Waals surface area (Å²) < 4.78 is 31.1. The number of halogens is 2. The SMILES string of the molecule is O=C(COC(=O)CCCN1C(=O)NC2(CCCC2)C1=O)Nc1ccc(F)cc1F. The number of urea groups is 1. The fraction of sp³-hybridized carbons (Fsp3) is 0.474. The Morgan fingerprint density at radius 1 is 1.21 bits per heavy atom. The summed E-state index contributed by atoms with van der Waals surface area (Å²) >= 11 is 0. The van der Waals surface area contributed by atoms with Gasteiger partial charge in [-0.1, -0.05) is 12.8 Å². The molecule has 1 heterocycles. The van der Waals surface area contributed by atoms with Crippen molar-refractivity contribution in [1.29, 1.82) is 0 Å². The Hall–Kier alpha value is -3.04. The van der Waals surface area contributed by atoms with E-state index in [2.05, 4.69) is 10.6 Å². The van der Waals surface area contributed by atoms with Gasteiger partial charge in [-0.25, -0.2) is 13.6 Å². The van der Waals surface area contributed by atoms with Crippen LogP contribution in [-0.4, -0.2) is 47.4 Å². The lowest BCUT2D eigenvalue weighted by molar-refractivity contribution is -0.147. The normalized spacial score (nSPS) is 17.5. The minimum absolute atomic E-state index is 0.0779. The molecule has 1 aliphatic heterocycles. The van der Waals surface area contributed by atoms with E-state index in [0.717, 1.165) is 29.9 Å². The third-order valence-corrected chi connectivity index (χ3v) is 5.04. The van der Waals surface area contributed by atoms with Gasteiger partial charge in [0.1, 0.15) is 17.2 Å². The second kappa shape index (κ2) is 8.54. The van der Waals surface area contributed by atoms with Gasteiger partial charge in [-0.3, -0.25) is 19.3 Å². The second-order valence-corrected chi connectivity index (χ2v) is 7.11. The fourth-order valence-electron chi connectivity index (χ4n) is 3.57. The monoisotopic (exact) mass is 409 g/mol. The van der Waals surface area contributed by atoms with Crippen LogP contribution in [0.1, 0.15) is 38.5 Å². The molecular weight excluding hydrogens is 388 g/mol. The number of carbonyl (C=O) groups is 4. The Labute approximate surface area is 165 Å². The van der Waals surface area contributed by atoms with Crippen molar-refractivity contribution in [1.82, 2.24) is 10.2 Å². The number of nitrogens with zero attached hydrogens (tertiary/aromatic N) is 1. The molecule has 0 atom stereocenters. The molecule has 0 bridgehead atoms. The van der Waals surface area contributed by atoms with Crippen LogP contribution >= 0.6 is 0 Å². The molecule has 1 saturated carbocycles. The maximum atomic E-state index is 13.5. The molecule has 29 heavy (non-hydrogen) atoms. The predicted molar refractivity (Wildman–Crippen MR) is 96.6 cm³/mol. The van der Waals surface area contributed by atoms with E-state index in [1.807, 2.05) is 0 Å². The van der Waals surface area contributed by atoms with E-state index in [1.165, 1.54) is 0 Å². The average Bonchev–Trinajstić information content (AvgIpc) is 3.23. The number of amides is 4. The molecule has 1 aliphatic carbocycles. The zero-order chi connectivity index (χ0) is 21.0. The van der Waals surface area contributed by atoms with E-state index in [0.29, 0.717) is 18.9 Å². The number of hydrogen-bond acceptors (Lipinski definition) is 5. The highest BCUT2D eigenvalue weighted by Crippen LogP contribution is 2.35. The van der Waals surface area contributed by atoms with Crippen LogP contribution in [0, 0.1) is 11.6 Å². The van der Waals surface area contributed by atoms with Gasteiger partial charge in [0.15, 0.2) is 6.61 Å². The third kappa shape index (κ3) is 4.69. The first kappa shape index (κ1) is 20.7. The molecule has 1 saturated heterocycles. The van der Waals surface area contributed by atoms with Crippen molar-refractivity contribution in [2.75, 3.05) is 18.5 Å². The van der Waals surface area contributed by atoms with Gasteiger partial charge in [-0.2, -0.15) is 0 Å². The van der Waals surface area contributed by atoms with Gasteiger partial charge in [0, 0.05) is 19.0 Å². The zero-order valence-electron chi connectivity index (χ0n) is 15.6. The number of nitrogens with one attached hydrogen (secondary N) is 2. The Morgan fingerprint density at radius 2 is 1.93 bits per heavy atom. The highest BCUT2D eigenvalue weighted by molar-refractivity contribution is 6.07. The third-order valence-electron chi connectivity index (χ3n) is 5.04. The summed E-state index contributed by atoms with van der Waals surface area (Å²) in [6, 6.07) is 2.20. The number of imide groups is 1. The molecule has 156 valence electrons. The summed E-state index contributed by atoms with van der Waals surface area (Å²) in [4.78, 5) is 49.1. The minimum Gasteiger partial charge on any atom is -0.456 e. The summed E-state index contributed by atoms with van der Waals surface area (Å²) in [6.45, 7) is -0.559. The summed E-state index contributed by atoms with van der Waals surface area (Å²) in [5.41, 5.74) is -1.02. The Morgan fingerprint density at radius 3 is 2.62 bits per heavy atom. The van der Waals surface area contributed by atoms with Crippen LogP contribution in [0.5, 0.6) is 0 Å². The van der Waals surface area contributed by atoms with Crippen LogP contribution in [0.2, 0.25) is 0 Å². The second-order valence-electron chi connectivity index (χ2n) is 7.11. The molecular formula is C19H21F2N3O5. The molecule has 1 aromatic rings. The number of esters is 1. The number of anilines is 1. The number of benzene rings is 1. The van der Waals surface area contributed by atoms with Crippen molar-refractivity contribution in [3.05, 3.63) is 29.8 Å². The van der Waals surface area contributed by atoms with Crippen molar-refractivity contribution in [2.45, 2.75) is 44.1 Å². The molecule has 2 N–H and O–H groups in total. The lowest BCUT2D eigenvalue weighted by Gasteiger charge is -2.19. The van der Waals surface area contributed by atoms with Crippen molar-refractivity contribution in [3.8, 4) is 0 Å². The molecule has 1 aromatic carbocycles. The molecule has 1 spiro atoms. The lowest BCUT2D eigenvalue weighted by atomic mass is 9.98. The van der Waals surface area contributed by atoms with E-state index in [9.17, 15) is 28.0 Å². The molecule has 0 radical (unpaired) electrons. The number of ether oxygens (including phenoxy) is 1. The minimum atomic E-state index is -0.946. The number of hydrogen-bond donors (Lipinski definition) is 2. The van der Waals surface area contributed by atoms with Crippen LogP contribution in [0.3, 0.4) is 0 Å². The van der Waals surface area contributed by atoms with Crippen LogP contribution in [0.4, 0.5) is 19.3 Å². The van der Waals surface area contributed by atoms with Crippen molar-refractivity contribution in [3.63, 3.8) is 0 Å². The molecule has 2 fully saturated rings. The van der Waals surface area contributed by atoms with Gasteiger partial charge < -0.3 is 15.4 Å². The van der Waals surface area contributed by atoms with E-state index < -0.39 is 41.7 Å². The Balaban J connectivity index is 1.38. The maximum Gasteiger partial charge on any atom is 0.325 e. The predicted octanol–water partition coefficient (Wildman–Crippen LogP) is 2.09. The van der Waals surface area contributed by atoms with Crippen molar-refractivity contribution in [2.24, 2.45) is 0 Å². The van der Waals surface area contributed by atoms with E-state index in [1.54, 1.807) is 0 Å². The Kier molecular flexibility index (Phi) is 6.09. The molecule has 4 amide bonds. The summed E-state index contributed by atoms with van der Waals surface area (Å²) in [5, 5.41) is 4.92. The summed E-state index contributed by atoms with van der Waals surface area (Å²) in [7, 11) is 0. The lowest BCUT2D eigenvalue weighted by Crippen LogP contribution is -2.44. The molecule has 8 nitrogen and oxygen atoms in total. The van der Waals surface area contributed by atoms with Crippen molar-refractivity contribution >= 4 is 29.5 Å². The quantitative estimate of drug-likeness (QED) is 0.530. The highest BCUT2D eigenvalue weighted by Gasteiger charge is 2.52. The van der Waals surface area contributed by atoms with Gasteiger partial charge >= 0.3 is 12.0 Å². The van der Waals surface area contributed by atoms with Gasteiger partial charge in [0.05, 0.1) is 5.69 Å². The summed E-state index contributed by atoms with van der Waals surface area (Å²) in [6.07, 6.45) is 3.12. The van der Waals surface area contributed by atoms with E-state index >= 15 is 0 Å². The number of carbonyl (C=O) groups excluding carboxylic acids is 4.